The van der Waals surface area contributed by atoms with Crippen molar-refractivity contribution in [2.24, 2.45) is 7.05 Å². The number of rotatable bonds is 4. The van der Waals surface area contributed by atoms with Crippen LogP contribution < -0.4 is 28.5 Å². The van der Waals surface area contributed by atoms with Gasteiger partial charge in [-0.05, 0) is 46.4 Å². The Kier molecular flexibility index (Phi) is 7.68. The Hall–Kier alpha value is -2.72. The summed E-state index contributed by atoms with van der Waals surface area (Å²) in [6.07, 6.45) is 6.66. The molecule has 1 heterocycles. The Morgan fingerprint density at radius 3 is 1.78 bits per heavy atom. The largest absolute Gasteiger partial charge is 1.00 e. The predicted octanol–water partition coefficient (Wildman–Crippen LogP) is 4.32. The predicted molar refractivity (Wildman–Crippen MR) is 133 cm³/mol. The minimum atomic E-state index is 0. The van der Waals surface area contributed by atoms with E-state index in [4.69, 9.17) is 0 Å². The number of aromatic nitrogens is 1. The Balaban J connectivity index is 0.00000289. The second-order valence-corrected chi connectivity index (χ2v) is 9.08. The van der Waals surface area contributed by atoms with Crippen LogP contribution in [0.1, 0.15) is 37.5 Å². The van der Waals surface area contributed by atoms with Crippen molar-refractivity contribution >= 4 is 12.2 Å². The van der Waals surface area contributed by atoms with Gasteiger partial charge < -0.3 is 24.0 Å². The van der Waals surface area contributed by atoms with E-state index in [-0.39, 0.29) is 29.4 Å². The molecule has 0 aliphatic rings. The summed E-state index contributed by atoms with van der Waals surface area (Å²) in [4.78, 5) is 0. The SMILES string of the molecule is C[n+]1cc(-c2ccccc2)cc(/C=C/c2ccc(C(C)(C)C)cc2)c1-c1ccccc1.[I-]. The summed E-state index contributed by atoms with van der Waals surface area (Å²) < 4.78 is 2.24. The minimum absolute atomic E-state index is 0. The first kappa shape index (κ1) is 23.9. The number of benzene rings is 3. The van der Waals surface area contributed by atoms with Gasteiger partial charge in [-0.1, -0.05) is 99.6 Å². The summed E-state index contributed by atoms with van der Waals surface area (Å²) in [6.45, 7) is 6.75. The second-order valence-electron chi connectivity index (χ2n) is 9.08. The quantitative estimate of drug-likeness (QED) is 0.273. The van der Waals surface area contributed by atoms with E-state index < -0.39 is 0 Å². The molecule has 32 heavy (non-hydrogen) atoms. The molecule has 1 aromatic heterocycles. The molecule has 0 atom stereocenters. The molecule has 0 saturated carbocycles. The summed E-state index contributed by atoms with van der Waals surface area (Å²) in [5, 5.41) is 0. The number of aryl methyl sites for hydroxylation is 1. The molecular weight excluding hydrogens is 501 g/mol. The number of hydrogen-bond donors (Lipinski definition) is 0. The van der Waals surface area contributed by atoms with Crippen molar-refractivity contribution in [3.8, 4) is 22.4 Å². The molecular formula is C30H30IN. The van der Waals surface area contributed by atoms with E-state index >= 15 is 0 Å². The van der Waals surface area contributed by atoms with E-state index in [1.54, 1.807) is 0 Å². The standard InChI is InChI=1S/C30H30N.HI/c1-30(2,3)28-19-16-23(17-20-28)15-18-26-21-27(24-11-7-5-8-12-24)22-31(4)29(26)25-13-9-6-10-14-25;/h5-22H,1-4H3;1H/q+1;/p-1/b18-15+;. The Labute approximate surface area is 209 Å². The van der Waals surface area contributed by atoms with Gasteiger partial charge in [0.25, 0.3) is 0 Å². The smallest absolute Gasteiger partial charge is 0.219 e. The molecule has 0 amide bonds. The number of hydrogen-bond acceptors (Lipinski definition) is 0. The molecule has 0 aliphatic carbocycles. The highest BCUT2D eigenvalue weighted by atomic mass is 127. The highest BCUT2D eigenvalue weighted by Gasteiger charge is 2.17. The van der Waals surface area contributed by atoms with Crippen LogP contribution in [0.3, 0.4) is 0 Å². The van der Waals surface area contributed by atoms with E-state index in [0.717, 1.165) is 0 Å². The van der Waals surface area contributed by atoms with E-state index in [1.807, 2.05) is 0 Å². The lowest BCUT2D eigenvalue weighted by molar-refractivity contribution is -0.660. The first-order valence-corrected chi connectivity index (χ1v) is 10.8. The summed E-state index contributed by atoms with van der Waals surface area (Å²) >= 11 is 0. The minimum Gasteiger partial charge on any atom is -1.00 e. The zero-order valence-electron chi connectivity index (χ0n) is 19.2. The van der Waals surface area contributed by atoms with Crippen LogP contribution in [0.5, 0.6) is 0 Å². The topological polar surface area (TPSA) is 3.88 Å². The molecule has 0 bridgehead atoms. The summed E-state index contributed by atoms with van der Waals surface area (Å²) in [7, 11) is 2.13. The number of pyridine rings is 1. The molecule has 4 rings (SSSR count). The van der Waals surface area contributed by atoms with Gasteiger partial charge >= 0.3 is 0 Å². The number of nitrogens with zero attached hydrogens (tertiary/aromatic N) is 1. The van der Waals surface area contributed by atoms with Crippen LogP contribution in [-0.2, 0) is 12.5 Å². The van der Waals surface area contributed by atoms with Crippen LogP contribution in [0.25, 0.3) is 34.5 Å². The zero-order valence-corrected chi connectivity index (χ0v) is 21.4. The summed E-state index contributed by atoms with van der Waals surface area (Å²) in [6, 6.07) is 32.3. The van der Waals surface area contributed by atoms with Gasteiger partial charge in [0.2, 0.25) is 5.69 Å². The maximum Gasteiger partial charge on any atom is 0.219 e. The molecule has 1 nitrogen and oxygen atoms in total. The molecule has 0 radical (unpaired) electrons. The summed E-state index contributed by atoms with van der Waals surface area (Å²) in [5.74, 6) is 0. The molecule has 3 aromatic carbocycles. The zero-order chi connectivity index (χ0) is 21.8. The highest BCUT2D eigenvalue weighted by molar-refractivity contribution is 5.80. The molecule has 0 fully saturated rings. The van der Waals surface area contributed by atoms with Gasteiger partial charge in [-0.2, -0.15) is 4.57 Å². The van der Waals surface area contributed by atoms with Crippen molar-refractivity contribution in [1.82, 2.24) is 0 Å². The lowest BCUT2D eigenvalue weighted by Crippen LogP contribution is -3.00. The fourth-order valence-corrected chi connectivity index (χ4v) is 3.91. The van der Waals surface area contributed by atoms with Gasteiger partial charge in [-0.3, -0.25) is 0 Å². The van der Waals surface area contributed by atoms with Crippen molar-refractivity contribution in [2.45, 2.75) is 26.2 Å². The molecule has 2 heteroatoms. The molecule has 0 spiro atoms. The monoisotopic (exact) mass is 531 g/mol. The van der Waals surface area contributed by atoms with Gasteiger partial charge in [-0.15, -0.1) is 0 Å². The molecule has 4 aromatic rings. The van der Waals surface area contributed by atoms with Crippen molar-refractivity contribution in [1.29, 1.82) is 0 Å². The maximum atomic E-state index is 2.29. The Morgan fingerprint density at radius 1 is 0.656 bits per heavy atom. The second kappa shape index (κ2) is 10.3. The van der Waals surface area contributed by atoms with Crippen LogP contribution in [0.4, 0.5) is 0 Å². The fraction of sp³-hybridized carbons (Fsp3) is 0.167. The fourth-order valence-electron chi connectivity index (χ4n) is 3.91. The normalized spacial score (nSPS) is 11.4. The van der Waals surface area contributed by atoms with Crippen LogP contribution >= 0.6 is 0 Å². The Morgan fingerprint density at radius 2 is 1.22 bits per heavy atom. The molecule has 0 aliphatic heterocycles. The maximum absolute atomic E-state index is 2.29. The van der Waals surface area contributed by atoms with Crippen LogP contribution in [0.2, 0.25) is 0 Å². The van der Waals surface area contributed by atoms with Gasteiger partial charge in [0.05, 0.1) is 0 Å². The first-order chi connectivity index (χ1) is 14.9. The average molecular weight is 531 g/mol. The summed E-state index contributed by atoms with van der Waals surface area (Å²) in [5.41, 5.74) is 8.80. The number of halogens is 1. The molecule has 162 valence electrons. The average Bonchev–Trinajstić information content (AvgIpc) is 2.78. The first-order valence-electron chi connectivity index (χ1n) is 10.8. The third-order valence-corrected chi connectivity index (χ3v) is 5.66. The molecule has 0 unspecified atom stereocenters. The molecule has 0 N–H and O–H groups in total. The van der Waals surface area contributed by atoms with Crippen molar-refractivity contribution in [3.63, 3.8) is 0 Å². The van der Waals surface area contributed by atoms with Crippen LogP contribution in [0.15, 0.2) is 97.2 Å². The lowest BCUT2D eigenvalue weighted by atomic mass is 9.86. The van der Waals surface area contributed by atoms with Crippen molar-refractivity contribution < 1.29 is 28.5 Å². The molecule has 0 saturated heterocycles. The van der Waals surface area contributed by atoms with E-state index in [0.29, 0.717) is 0 Å². The van der Waals surface area contributed by atoms with Gasteiger partial charge in [0.1, 0.15) is 7.05 Å². The van der Waals surface area contributed by atoms with Gasteiger partial charge in [0, 0.05) is 16.7 Å². The van der Waals surface area contributed by atoms with Gasteiger partial charge in [0.15, 0.2) is 6.20 Å². The van der Waals surface area contributed by atoms with Gasteiger partial charge in [-0.25, -0.2) is 0 Å². The highest BCUT2D eigenvalue weighted by Crippen LogP contribution is 2.27. The van der Waals surface area contributed by atoms with Crippen molar-refractivity contribution in [2.75, 3.05) is 0 Å². The third-order valence-electron chi connectivity index (χ3n) is 5.66. The Bertz CT molecular complexity index is 1190. The third kappa shape index (κ3) is 5.55. The van der Waals surface area contributed by atoms with E-state index in [2.05, 4.69) is 142 Å². The van der Waals surface area contributed by atoms with Crippen LogP contribution in [-0.4, -0.2) is 0 Å². The lowest BCUT2D eigenvalue weighted by Gasteiger charge is -2.18. The van der Waals surface area contributed by atoms with E-state index in [1.165, 1.54) is 39.1 Å². The van der Waals surface area contributed by atoms with E-state index in [9.17, 15) is 0 Å². The van der Waals surface area contributed by atoms with Crippen molar-refractivity contribution in [3.05, 3.63) is 114 Å². The van der Waals surface area contributed by atoms with Crippen LogP contribution in [0, 0.1) is 0 Å².